The Morgan fingerprint density at radius 1 is 1.43 bits per heavy atom. The van der Waals surface area contributed by atoms with Crippen LogP contribution in [0.4, 0.5) is 0 Å². The Bertz CT molecular complexity index is 176. The van der Waals surface area contributed by atoms with Crippen LogP contribution in [0.5, 0.6) is 0 Å². The van der Waals surface area contributed by atoms with Gasteiger partial charge in [-0.05, 0) is 32.6 Å². The molecule has 0 amide bonds. The van der Waals surface area contributed by atoms with E-state index in [1.807, 2.05) is 0 Å². The standard InChI is InChI=1S/C10H19NO3/c1-2-14-10(13)7-11-8-3-5-9(12)6-4-8/h8-9,11-12H,2-7H2,1H3. The van der Waals surface area contributed by atoms with E-state index in [0.717, 1.165) is 25.7 Å². The minimum Gasteiger partial charge on any atom is -0.465 e. The Balaban J connectivity index is 2.09. The van der Waals surface area contributed by atoms with Crippen molar-refractivity contribution in [2.24, 2.45) is 0 Å². The Hall–Kier alpha value is -0.610. The van der Waals surface area contributed by atoms with Gasteiger partial charge in [0.1, 0.15) is 0 Å². The zero-order valence-corrected chi connectivity index (χ0v) is 8.66. The van der Waals surface area contributed by atoms with E-state index in [9.17, 15) is 9.90 Å². The third kappa shape index (κ3) is 4.07. The maximum absolute atomic E-state index is 11.0. The van der Waals surface area contributed by atoms with Crippen molar-refractivity contribution >= 4 is 5.97 Å². The number of aliphatic hydroxyl groups is 1. The Morgan fingerprint density at radius 2 is 2.07 bits per heavy atom. The molecule has 0 aromatic rings. The summed E-state index contributed by atoms with van der Waals surface area (Å²) in [5.74, 6) is -0.196. The van der Waals surface area contributed by atoms with Gasteiger partial charge in [-0.25, -0.2) is 0 Å². The topological polar surface area (TPSA) is 58.6 Å². The zero-order chi connectivity index (χ0) is 10.4. The van der Waals surface area contributed by atoms with Crippen LogP contribution < -0.4 is 5.32 Å². The molecule has 0 radical (unpaired) electrons. The lowest BCUT2D eigenvalue weighted by atomic mass is 9.93. The van der Waals surface area contributed by atoms with Crippen LogP contribution in [0.3, 0.4) is 0 Å². The van der Waals surface area contributed by atoms with Crippen LogP contribution in [0.1, 0.15) is 32.6 Å². The van der Waals surface area contributed by atoms with Crippen LogP contribution >= 0.6 is 0 Å². The van der Waals surface area contributed by atoms with Crippen molar-refractivity contribution in [2.75, 3.05) is 13.2 Å². The number of hydrogen-bond acceptors (Lipinski definition) is 4. The van der Waals surface area contributed by atoms with Gasteiger partial charge in [-0.15, -0.1) is 0 Å². The van der Waals surface area contributed by atoms with E-state index in [2.05, 4.69) is 5.32 Å². The first kappa shape index (κ1) is 11.5. The SMILES string of the molecule is CCOC(=O)CNC1CCC(O)CC1. The second-order valence-electron chi connectivity index (χ2n) is 3.69. The van der Waals surface area contributed by atoms with E-state index >= 15 is 0 Å². The van der Waals surface area contributed by atoms with Gasteiger partial charge in [0.25, 0.3) is 0 Å². The van der Waals surface area contributed by atoms with Gasteiger partial charge in [-0.3, -0.25) is 4.79 Å². The average Bonchev–Trinajstić information content (AvgIpc) is 2.17. The number of nitrogens with one attached hydrogen (secondary N) is 1. The molecule has 2 N–H and O–H groups in total. The molecule has 1 aliphatic rings. The monoisotopic (exact) mass is 201 g/mol. The van der Waals surface area contributed by atoms with Crippen molar-refractivity contribution in [3.63, 3.8) is 0 Å². The minimum atomic E-state index is -0.196. The summed E-state index contributed by atoms with van der Waals surface area (Å²) in [5.41, 5.74) is 0. The molecule has 1 fully saturated rings. The number of carbonyl (C=O) groups excluding carboxylic acids is 1. The first-order valence-corrected chi connectivity index (χ1v) is 5.29. The van der Waals surface area contributed by atoms with E-state index in [4.69, 9.17) is 4.74 Å². The van der Waals surface area contributed by atoms with Gasteiger partial charge in [0, 0.05) is 6.04 Å². The molecule has 0 heterocycles. The molecule has 0 aromatic carbocycles. The van der Waals surface area contributed by atoms with Crippen molar-refractivity contribution in [3.8, 4) is 0 Å². The van der Waals surface area contributed by atoms with Gasteiger partial charge in [0.15, 0.2) is 0 Å². The van der Waals surface area contributed by atoms with Crippen LogP contribution in [-0.2, 0) is 9.53 Å². The van der Waals surface area contributed by atoms with Crippen molar-refractivity contribution < 1.29 is 14.6 Å². The van der Waals surface area contributed by atoms with Gasteiger partial charge in [-0.1, -0.05) is 0 Å². The highest BCUT2D eigenvalue weighted by Gasteiger charge is 2.19. The summed E-state index contributed by atoms with van der Waals surface area (Å²) < 4.78 is 4.80. The molecule has 1 saturated carbocycles. The number of aliphatic hydroxyl groups excluding tert-OH is 1. The minimum absolute atomic E-state index is 0.143. The molecule has 4 nitrogen and oxygen atoms in total. The third-order valence-corrected chi connectivity index (χ3v) is 2.54. The molecular weight excluding hydrogens is 182 g/mol. The molecule has 0 bridgehead atoms. The fourth-order valence-corrected chi connectivity index (χ4v) is 1.72. The lowest BCUT2D eigenvalue weighted by molar-refractivity contribution is -0.142. The summed E-state index contributed by atoms with van der Waals surface area (Å²) in [6, 6.07) is 0.364. The third-order valence-electron chi connectivity index (χ3n) is 2.54. The lowest BCUT2D eigenvalue weighted by Gasteiger charge is -2.25. The molecule has 0 spiro atoms. The molecule has 1 aliphatic carbocycles. The molecule has 0 saturated heterocycles. The second kappa shape index (κ2) is 5.98. The molecule has 82 valence electrons. The summed E-state index contributed by atoms with van der Waals surface area (Å²) in [6.07, 6.45) is 3.41. The van der Waals surface area contributed by atoms with Crippen LogP contribution in [0.2, 0.25) is 0 Å². The van der Waals surface area contributed by atoms with E-state index in [0.29, 0.717) is 12.6 Å². The van der Waals surface area contributed by atoms with Gasteiger partial charge in [0.05, 0.1) is 19.3 Å². The molecule has 0 atom stereocenters. The predicted molar refractivity (Wildman–Crippen MR) is 52.9 cm³/mol. The number of rotatable bonds is 4. The van der Waals surface area contributed by atoms with Crippen LogP contribution in [-0.4, -0.2) is 36.4 Å². The van der Waals surface area contributed by atoms with Gasteiger partial charge >= 0.3 is 5.97 Å². The zero-order valence-electron chi connectivity index (χ0n) is 8.66. The van der Waals surface area contributed by atoms with E-state index in [1.54, 1.807) is 6.92 Å². The molecule has 0 aliphatic heterocycles. The summed E-state index contributed by atoms with van der Waals surface area (Å²) in [7, 11) is 0. The normalized spacial score (nSPS) is 27.3. The lowest BCUT2D eigenvalue weighted by Crippen LogP contribution is -2.38. The predicted octanol–water partition coefficient (Wildman–Crippen LogP) is 0.443. The first-order valence-electron chi connectivity index (χ1n) is 5.29. The van der Waals surface area contributed by atoms with E-state index in [-0.39, 0.29) is 18.6 Å². The van der Waals surface area contributed by atoms with Crippen LogP contribution in [0, 0.1) is 0 Å². The molecular formula is C10H19NO3. The maximum atomic E-state index is 11.0. The Morgan fingerprint density at radius 3 is 2.64 bits per heavy atom. The van der Waals surface area contributed by atoms with Crippen molar-refractivity contribution in [1.29, 1.82) is 0 Å². The van der Waals surface area contributed by atoms with Gasteiger partial charge in [-0.2, -0.15) is 0 Å². The maximum Gasteiger partial charge on any atom is 0.319 e. The molecule has 4 heteroatoms. The Labute approximate surface area is 84.6 Å². The summed E-state index contributed by atoms with van der Waals surface area (Å²) in [5, 5.41) is 12.4. The fourth-order valence-electron chi connectivity index (χ4n) is 1.72. The summed E-state index contributed by atoms with van der Waals surface area (Å²) >= 11 is 0. The molecule has 14 heavy (non-hydrogen) atoms. The van der Waals surface area contributed by atoms with Gasteiger partial charge < -0.3 is 15.2 Å². The number of hydrogen-bond donors (Lipinski definition) is 2. The second-order valence-corrected chi connectivity index (χ2v) is 3.69. The fraction of sp³-hybridized carbons (Fsp3) is 0.900. The van der Waals surface area contributed by atoms with Crippen LogP contribution in [0.15, 0.2) is 0 Å². The van der Waals surface area contributed by atoms with Crippen molar-refractivity contribution in [1.82, 2.24) is 5.32 Å². The van der Waals surface area contributed by atoms with Crippen molar-refractivity contribution in [2.45, 2.75) is 44.8 Å². The molecule has 0 unspecified atom stereocenters. The Kier molecular flexibility index (Phi) is 4.90. The molecule has 1 rings (SSSR count). The van der Waals surface area contributed by atoms with E-state index in [1.165, 1.54) is 0 Å². The number of carbonyl (C=O) groups is 1. The highest BCUT2D eigenvalue weighted by molar-refractivity contribution is 5.71. The average molecular weight is 201 g/mol. The van der Waals surface area contributed by atoms with Crippen LogP contribution in [0.25, 0.3) is 0 Å². The number of esters is 1. The number of ether oxygens (including phenoxy) is 1. The summed E-state index contributed by atoms with van der Waals surface area (Å²) in [6.45, 7) is 2.52. The molecule has 0 aromatic heterocycles. The van der Waals surface area contributed by atoms with E-state index < -0.39 is 0 Å². The summed E-state index contributed by atoms with van der Waals surface area (Å²) in [4.78, 5) is 11.0. The highest BCUT2D eigenvalue weighted by Crippen LogP contribution is 2.17. The first-order chi connectivity index (χ1) is 6.72. The highest BCUT2D eigenvalue weighted by atomic mass is 16.5. The quantitative estimate of drug-likeness (QED) is 0.648. The van der Waals surface area contributed by atoms with Crippen molar-refractivity contribution in [3.05, 3.63) is 0 Å². The largest absolute Gasteiger partial charge is 0.465 e. The van der Waals surface area contributed by atoms with Gasteiger partial charge in [0.2, 0.25) is 0 Å². The smallest absolute Gasteiger partial charge is 0.319 e.